The molecule has 0 aliphatic carbocycles. The SMILES string of the molecule is C1CSCCN1.CC(C)(C)C.CC(C)(C)C.CC(C)(C)C.CC(C)(C)C.CC(C)(C)C.CC(C)(C)C.CC(C)C.CC(C)C.CC(C)C.CC(C)C.O=C1C=CCNN1.O=C1CC=CN1.O=C1CC=NN1.O=C1CCC(=O)N1.O=C1CCC=NN1.O=C1CCCC(=O)N1.O=C1CCCNN1.O=C1CCNC(=O)N1.O=C1CNC(=O)CN1. The summed E-state index contributed by atoms with van der Waals surface area (Å²) in [4.78, 5) is 133. The summed E-state index contributed by atoms with van der Waals surface area (Å²) >= 11 is 2.03. The Balaban J connectivity index is -0.000000128. The van der Waals surface area contributed by atoms with Crippen LogP contribution in [0.3, 0.4) is 0 Å². The Kier molecular flexibility index (Phi) is 89.2. The van der Waals surface area contributed by atoms with E-state index in [9.17, 15) is 62.3 Å². The van der Waals surface area contributed by atoms with Gasteiger partial charge in [0.05, 0.1) is 19.5 Å². The number of piperazine rings is 1. The molecule has 10 aliphatic rings. The molecule has 29 nitrogen and oxygen atoms in total. The second-order valence-corrected chi connectivity index (χ2v) is 40.4. The first kappa shape index (κ1) is 129. The highest BCUT2D eigenvalue weighted by molar-refractivity contribution is 7.99. The van der Waals surface area contributed by atoms with Crippen LogP contribution in [0.1, 0.15) is 326 Å². The molecule has 14 amide bonds. The number of hydrazine groups is 2. The zero-order valence-electron chi connectivity index (χ0n) is 79.7. The Morgan fingerprint density at radius 2 is 0.698 bits per heavy atom. The van der Waals surface area contributed by atoms with Crippen molar-refractivity contribution in [3.8, 4) is 0 Å². The minimum absolute atomic E-state index is 0.0162. The van der Waals surface area contributed by atoms with Crippen molar-refractivity contribution in [2.75, 3.05) is 57.3 Å². The largest absolute Gasteiger partial charge is 0.346 e. The maximum Gasteiger partial charge on any atom is 0.321 e. The van der Waals surface area contributed by atoms with Gasteiger partial charge in [0.2, 0.25) is 65.0 Å². The number of nitrogens with zero attached hydrogens (tertiary/aromatic N) is 2. The van der Waals surface area contributed by atoms with Crippen LogP contribution in [0.15, 0.2) is 34.6 Å². The van der Waals surface area contributed by atoms with Gasteiger partial charge in [0.25, 0.3) is 5.91 Å². The summed E-state index contributed by atoms with van der Waals surface area (Å²) in [7, 11) is 0. The number of carbonyl (C=O) groups excluding carboxylic acids is 13. The van der Waals surface area contributed by atoms with Gasteiger partial charge >= 0.3 is 6.03 Å². The minimum Gasteiger partial charge on any atom is -0.346 e. The maximum atomic E-state index is 10.3. The third kappa shape index (κ3) is 208. The molecule has 0 aromatic heterocycles. The Bertz CT molecular complexity index is 2390. The van der Waals surface area contributed by atoms with E-state index >= 15 is 0 Å². The molecule has 10 rings (SSSR count). The van der Waals surface area contributed by atoms with Crippen molar-refractivity contribution in [2.24, 2.45) is 66.4 Å². The summed E-state index contributed by atoms with van der Waals surface area (Å²) in [5, 5.41) is 26.4. The predicted molar refractivity (Wildman–Crippen MR) is 484 cm³/mol. The summed E-state index contributed by atoms with van der Waals surface area (Å²) in [6, 6.07) is -0.388. The summed E-state index contributed by atoms with van der Waals surface area (Å²) in [6.07, 6.45) is 16.8. The Hall–Kier alpha value is -7.44. The highest BCUT2D eigenvalue weighted by Gasteiger charge is 2.17. The number of urea groups is 1. The fraction of sp³-hybridized carbons (Fsp3) is 0.779. The van der Waals surface area contributed by atoms with Gasteiger partial charge in [-0.1, -0.05) is 261 Å². The van der Waals surface area contributed by atoms with Gasteiger partial charge < -0.3 is 26.6 Å². The molecule has 0 saturated carbocycles. The van der Waals surface area contributed by atoms with Gasteiger partial charge in [-0.25, -0.2) is 26.5 Å². The van der Waals surface area contributed by atoms with Gasteiger partial charge in [0, 0.05) is 120 Å². The van der Waals surface area contributed by atoms with E-state index in [0.29, 0.717) is 103 Å². The molecule has 6 saturated heterocycles. The normalized spacial score (nSPS) is 16.4. The summed E-state index contributed by atoms with van der Waals surface area (Å²) < 4.78 is 0. The zero-order valence-corrected chi connectivity index (χ0v) is 80.5. The molecule has 0 bridgehead atoms. The molecule has 0 aromatic carbocycles. The molecule has 116 heavy (non-hydrogen) atoms. The summed E-state index contributed by atoms with van der Waals surface area (Å²) in [5.74, 6) is 5.05. The molecule has 0 spiro atoms. The van der Waals surface area contributed by atoms with E-state index in [1.54, 1.807) is 30.8 Å². The van der Waals surface area contributed by atoms with Crippen LogP contribution in [0.4, 0.5) is 4.79 Å². The second-order valence-electron chi connectivity index (χ2n) is 39.2. The number of imide groups is 3. The van der Waals surface area contributed by atoms with E-state index < -0.39 is 0 Å². The van der Waals surface area contributed by atoms with Crippen molar-refractivity contribution in [3.05, 3.63) is 24.4 Å². The lowest BCUT2D eigenvalue weighted by Crippen LogP contribution is -2.48. The highest BCUT2D eigenvalue weighted by Crippen LogP contribution is 2.11. The van der Waals surface area contributed by atoms with Crippen LogP contribution in [-0.2, 0) is 57.5 Å². The number of hydrogen-bond donors (Lipinski definition) is 14. The van der Waals surface area contributed by atoms with E-state index in [1.165, 1.54) is 30.7 Å². The van der Waals surface area contributed by atoms with Gasteiger partial charge in [-0.3, -0.25) is 84.3 Å². The fourth-order valence-electron chi connectivity index (χ4n) is 4.79. The predicted octanol–water partition coefficient (Wildman–Crippen LogP) is 13.9. The van der Waals surface area contributed by atoms with E-state index in [1.807, 2.05) is 11.8 Å². The molecule has 10 aliphatic heterocycles. The van der Waals surface area contributed by atoms with Crippen LogP contribution in [-0.4, -0.2) is 147 Å². The molecule has 0 radical (unpaired) electrons. The molecular weight excluding hydrogens is 1500 g/mol. The lowest BCUT2D eigenvalue weighted by atomic mass is 10.0. The van der Waals surface area contributed by atoms with Crippen LogP contribution >= 0.6 is 11.8 Å². The lowest BCUT2D eigenvalue weighted by Gasteiger charge is -2.10. The Morgan fingerprint density at radius 1 is 0.336 bits per heavy atom. The standard InChI is InChI=1S/C5H7NO2.6C5H12.2C4H6N2O2.C4H8N2O.2C4H6N2O.C4H5NO2.C4H5NO.C4H9NS.4C4H10.C3H4N2O/c7-4-2-1-3-5(8)6-4;6*1-5(2,3)4;7-3-1-5-4(8)2-6-3;7-3-1-2-5-4(8)6-3;3*7-4-2-1-3-5-6-4;6-3-1-2-4(7)5-3;6-4-2-1-3-5-4;1-3-6-4-2-5-1;4*1-4(2)3;6-3-1-2-4-5-3/h1-3H2,(H,6,7,8);6*1-4H3;1-2H2,(H,5,8)(H,6,7);1-2H2,(H2,5,6,7,8);5H,1-3H2,(H,6,7);3H,1-2H2,(H,6,7);1-2,5H,3H2,(H,6,7);1-2H2,(H,5,6,7);1,3H,2H2,(H,5,6);5H,1-4H2;4*4H,1-3H3;2H,1H2,(H,5,6). The van der Waals surface area contributed by atoms with Crippen molar-refractivity contribution < 1.29 is 62.3 Å². The monoisotopic (exact) mass is 1670 g/mol. The van der Waals surface area contributed by atoms with Crippen molar-refractivity contribution in [1.29, 1.82) is 0 Å². The average molecular weight is 1670 g/mol. The Labute approximate surface area is 709 Å². The first-order chi connectivity index (χ1) is 52.5. The number of carbonyl (C=O) groups is 13. The topological polar surface area (TPSA) is 415 Å². The average Bonchev–Trinajstić information content (AvgIpc) is 1.79. The van der Waals surface area contributed by atoms with E-state index in [4.69, 9.17) is 0 Å². The molecule has 682 valence electrons. The van der Waals surface area contributed by atoms with Crippen molar-refractivity contribution in [3.63, 3.8) is 0 Å². The highest BCUT2D eigenvalue weighted by atomic mass is 32.2. The third-order valence-corrected chi connectivity index (χ3v) is 9.20. The number of hydrazone groups is 2. The quantitative estimate of drug-likeness (QED) is 0.100. The first-order valence-corrected chi connectivity index (χ1v) is 42.0. The van der Waals surface area contributed by atoms with Crippen LogP contribution in [0, 0.1) is 56.2 Å². The molecular formula is C86H174N16O13S. The smallest absolute Gasteiger partial charge is 0.321 e. The molecule has 30 heteroatoms. The van der Waals surface area contributed by atoms with Gasteiger partial charge in [0.1, 0.15) is 0 Å². The van der Waals surface area contributed by atoms with Gasteiger partial charge in [0.15, 0.2) is 0 Å². The zero-order chi connectivity index (χ0) is 92.9. The van der Waals surface area contributed by atoms with Gasteiger partial charge in [-0.05, 0) is 75.4 Å². The summed E-state index contributed by atoms with van der Waals surface area (Å²) in [6.45, 7) is 83.3. The van der Waals surface area contributed by atoms with Crippen LogP contribution < -0.4 is 75.1 Å². The van der Waals surface area contributed by atoms with E-state index in [0.717, 1.165) is 49.6 Å². The third-order valence-electron chi connectivity index (χ3n) is 8.21. The van der Waals surface area contributed by atoms with Crippen LogP contribution in [0.2, 0.25) is 0 Å². The molecule has 6 fully saturated rings. The Morgan fingerprint density at radius 3 is 0.845 bits per heavy atom. The number of hydrogen-bond acceptors (Lipinski definition) is 19. The summed E-state index contributed by atoms with van der Waals surface area (Å²) in [5.41, 5.74) is 17.8. The molecule has 0 unspecified atom stereocenters. The van der Waals surface area contributed by atoms with Gasteiger partial charge in [-0.2, -0.15) is 22.0 Å². The van der Waals surface area contributed by atoms with E-state index in [2.05, 4.69) is 335 Å². The first-order valence-electron chi connectivity index (χ1n) is 40.9. The van der Waals surface area contributed by atoms with Crippen molar-refractivity contribution in [1.82, 2.24) is 75.1 Å². The molecule has 10 heterocycles. The second kappa shape index (κ2) is 80.0. The van der Waals surface area contributed by atoms with E-state index in [-0.39, 0.29) is 90.0 Å². The number of rotatable bonds is 0. The number of piperidine rings is 1. The van der Waals surface area contributed by atoms with Gasteiger partial charge in [-0.15, -0.1) is 0 Å². The van der Waals surface area contributed by atoms with Crippen LogP contribution in [0.5, 0.6) is 0 Å². The minimum atomic E-state index is -0.388. The van der Waals surface area contributed by atoms with Crippen molar-refractivity contribution >= 4 is 101 Å². The number of thioether (sulfide) groups is 1. The van der Waals surface area contributed by atoms with Crippen LogP contribution in [0.25, 0.3) is 0 Å². The molecule has 0 aromatic rings. The molecule has 14 N–H and O–H groups in total. The van der Waals surface area contributed by atoms with Crippen molar-refractivity contribution in [2.45, 2.75) is 326 Å². The fourth-order valence-corrected chi connectivity index (χ4v) is 5.57. The maximum absolute atomic E-state index is 10.3. The number of amides is 14. The number of nitrogens with one attached hydrogen (secondary N) is 14. The lowest BCUT2D eigenvalue weighted by molar-refractivity contribution is -0.133. The molecule has 0 atom stereocenters.